The third-order valence-electron chi connectivity index (χ3n) is 6.57. The molecule has 3 atom stereocenters. The van der Waals surface area contributed by atoms with Crippen LogP contribution in [0, 0.1) is 5.92 Å². The maximum absolute atomic E-state index is 13.1. The molecule has 0 saturated heterocycles. The number of benzene rings is 1. The van der Waals surface area contributed by atoms with E-state index < -0.39 is 11.7 Å². The minimum Gasteiger partial charge on any atom is -0.384 e. The van der Waals surface area contributed by atoms with Crippen molar-refractivity contribution in [2.45, 2.75) is 70.3 Å². The van der Waals surface area contributed by atoms with Crippen molar-refractivity contribution in [1.82, 2.24) is 20.6 Å². The molecule has 1 heterocycles. The number of methoxy groups -OCH3 is 1. The normalized spacial score (nSPS) is 21.4. The highest BCUT2D eigenvalue weighted by Crippen LogP contribution is 2.32. The second-order valence-corrected chi connectivity index (χ2v) is 9.59. The van der Waals surface area contributed by atoms with Gasteiger partial charge in [-0.1, -0.05) is 6.92 Å². The molecule has 0 aliphatic heterocycles. The van der Waals surface area contributed by atoms with Crippen LogP contribution in [0.5, 0.6) is 0 Å². The highest BCUT2D eigenvalue weighted by Gasteiger charge is 2.34. The molecular formula is C24H34F3N5O2. The molecule has 7 nitrogen and oxygen atoms in total. The number of aromatic nitrogens is 2. The molecule has 34 heavy (non-hydrogen) atoms. The number of ether oxygens (including phenoxy) is 1. The molecule has 1 amide bonds. The standard InChI is InChI=1S/C24H34F3N5O2/c1-5-23(2,3)32-17-7-9-19(15(10-17)13-34-4)31-21(33)12-28-22-18-11-16(24(25,26)27)6-8-20(18)29-14-30-22/h6,8,11,14-15,17,19,32H,5,7,9-10,12-13H2,1-4H3,(H,31,33)(H,28,29,30)/t15-,17+,19-/m0/s1. The number of anilines is 1. The molecule has 0 bridgehead atoms. The van der Waals surface area contributed by atoms with Gasteiger partial charge in [0.05, 0.1) is 24.2 Å². The van der Waals surface area contributed by atoms with Gasteiger partial charge in [0.25, 0.3) is 0 Å². The van der Waals surface area contributed by atoms with E-state index in [-0.39, 0.29) is 41.2 Å². The first-order valence-corrected chi connectivity index (χ1v) is 11.6. The van der Waals surface area contributed by atoms with E-state index in [0.717, 1.165) is 37.8 Å². The molecule has 3 N–H and O–H groups in total. The quantitative estimate of drug-likeness (QED) is 0.499. The van der Waals surface area contributed by atoms with E-state index in [1.165, 1.54) is 12.4 Å². The van der Waals surface area contributed by atoms with Crippen molar-refractivity contribution < 1.29 is 22.7 Å². The average molecular weight is 482 g/mol. The third-order valence-corrected chi connectivity index (χ3v) is 6.57. The van der Waals surface area contributed by atoms with Gasteiger partial charge in [-0.15, -0.1) is 0 Å². The fourth-order valence-corrected chi connectivity index (χ4v) is 4.43. The van der Waals surface area contributed by atoms with Gasteiger partial charge in [-0.3, -0.25) is 4.79 Å². The van der Waals surface area contributed by atoms with Gasteiger partial charge in [-0.05, 0) is 57.7 Å². The Balaban J connectivity index is 1.62. The van der Waals surface area contributed by atoms with Gasteiger partial charge in [0.2, 0.25) is 5.91 Å². The van der Waals surface area contributed by atoms with Gasteiger partial charge in [0.1, 0.15) is 12.1 Å². The number of carbonyl (C=O) groups excluding carboxylic acids is 1. The Morgan fingerprint density at radius 3 is 2.65 bits per heavy atom. The number of hydrogen-bond acceptors (Lipinski definition) is 6. The van der Waals surface area contributed by atoms with Crippen molar-refractivity contribution in [3.63, 3.8) is 0 Å². The fraction of sp³-hybridized carbons (Fsp3) is 0.625. The molecule has 1 aromatic heterocycles. The highest BCUT2D eigenvalue weighted by molar-refractivity contribution is 5.91. The summed E-state index contributed by atoms with van der Waals surface area (Å²) in [4.78, 5) is 20.8. The molecule has 2 aromatic rings. The minimum atomic E-state index is -4.48. The summed E-state index contributed by atoms with van der Waals surface area (Å²) in [5, 5.41) is 9.87. The summed E-state index contributed by atoms with van der Waals surface area (Å²) in [6.45, 7) is 6.96. The summed E-state index contributed by atoms with van der Waals surface area (Å²) in [6.07, 6.45) is 0.464. The van der Waals surface area contributed by atoms with E-state index in [2.05, 4.69) is 46.7 Å². The van der Waals surface area contributed by atoms with Gasteiger partial charge >= 0.3 is 6.18 Å². The number of alkyl halides is 3. The third kappa shape index (κ3) is 6.79. The Morgan fingerprint density at radius 2 is 1.97 bits per heavy atom. The molecule has 0 spiro atoms. The number of halogens is 3. The first kappa shape index (κ1) is 26.2. The zero-order valence-corrected chi connectivity index (χ0v) is 20.1. The van der Waals surface area contributed by atoms with Crippen LogP contribution < -0.4 is 16.0 Å². The fourth-order valence-electron chi connectivity index (χ4n) is 4.43. The average Bonchev–Trinajstić information content (AvgIpc) is 2.78. The molecule has 1 aliphatic rings. The maximum Gasteiger partial charge on any atom is 0.416 e. The molecule has 188 valence electrons. The van der Waals surface area contributed by atoms with Crippen LogP contribution in [-0.2, 0) is 15.7 Å². The van der Waals surface area contributed by atoms with E-state index in [0.29, 0.717) is 18.2 Å². The summed E-state index contributed by atoms with van der Waals surface area (Å²) in [6, 6.07) is 3.60. The highest BCUT2D eigenvalue weighted by atomic mass is 19.4. The summed E-state index contributed by atoms with van der Waals surface area (Å²) >= 11 is 0. The largest absolute Gasteiger partial charge is 0.416 e. The van der Waals surface area contributed by atoms with E-state index in [1.807, 2.05) is 0 Å². The Labute approximate surface area is 198 Å². The van der Waals surface area contributed by atoms with Gasteiger partial charge in [-0.25, -0.2) is 9.97 Å². The van der Waals surface area contributed by atoms with E-state index in [1.54, 1.807) is 7.11 Å². The number of rotatable bonds is 9. The van der Waals surface area contributed by atoms with Crippen LogP contribution in [0.2, 0.25) is 0 Å². The molecular weight excluding hydrogens is 447 g/mol. The Bertz CT molecular complexity index is 983. The smallest absolute Gasteiger partial charge is 0.384 e. The summed E-state index contributed by atoms with van der Waals surface area (Å²) in [7, 11) is 1.66. The predicted molar refractivity (Wildman–Crippen MR) is 125 cm³/mol. The van der Waals surface area contributed by atoms with Gasteiger partial charge in [-0.2, -0.15) is 13.2 Å². The zero-order chi connectivity index (χ0) is 24.9. The molecule has 10 heteroatoms. The SMILES string of the molecule is CCC(C)(C)N[C@@H]1CC[C@H](NC(=O)CNc2ncnc3ccc(C(F)(F)F)cc23)[C@H](COC)C1. The van der Waals surface area contributed by atoms with Crippen LogP contribution in [0.4, 0.5) is 19.0 Å². The van der Waals surface area contributed by atoms with Crippen LogP contribution in [0.15, 0.2) is 24.5 Å². The molecule has 1 fully saturated rings. The molecule has 1 aromatic carbocycles. The van der Waals surface area contributed by atoms with Gasteiger partial charge in [0, 0.05) is 36.0 Å². The van der Waals surface area contributed by atoms with Gasteiger partial charge < -0.3 is 20.7 Å². The lowest BCUT2D eigenvalue weighted by molar-refractivity contribution is -0.137. The number of nitrogens with one attached hydrogen (secondary N) is 3. The topological polar surface area (TPSA) is 88.2 Å². The Kier molecular flexibility index (Phi) is 8.35. The first-order valence-electron chi connectivity index (χ1n) is 11.6. The lowest BCUT2D eigenvalue weighted by Gasteiger charge is -2.40. The van der Waals surface area contributed by atoms with Crippen molar-refractivity contribution in [3.05, 3.63) is 30.1 Å². The first-order chi connectivity index (χ1) is 16.0. The van der Waals surface area contributed by atoms with Crippen LogP contribution in [0.25, 0.3) is 10.9 Å². The van der Waals surface area contributed by atoms with Crippen molar-refractivity contribution in [2.24, 2.45) is 5.92 Å². The van der Waals surface area contributed by atoms with Crippen LogP contribution >= 0.6 is 0 Å². The Morgan fingerprint density at radius 1 is 1.21 bits per heavy atom. The number of hydrogen-bond donors (Lipinski definition) is 3. The van der Waals surface area contributed by atoms with Crippen molar-refractivity contribution in [1.29, 1.82) is 0 Å². The minimum absolute atomic E-state index is 0.0315. The molecule has 3 rings (SSSR count). The van der Waals surface area contributed by atoms with Gasteiger partial charge in [0.15, 0.2) is 0 Å². The molecule has 1 saturated carbocycles. The molecule has 0 unspecified atom stereocenters. The predicted octanol–water partition coefficient (Wildman–Crippen LogP) is 4.14. The Hall–Kier alpha value is -2.46. The lowest BCUT2D eigenvalue weighted by Crippen LogP contribution is -2.53. The van der Waals surface area contributed by atoms with E-state index >= 15 is 0 Å². The summed E-state index contributed by atoms with van der Waals surface area (Å²) in [5.41, 5.74) is -0.373. The monoisotopic (exact) mass is 481 g/mol. The summed E-state index contributed by atoms with van der Waals surface area (Å²) in [5.74, 6) is 0.113. The van der Waals surface area contributed by atoms with Crippen molar-refractivity contribution in [3.8, 4) is 0 Å². The number of fused-ring (bicyclic) bond motifs is 1. The summed E-state index contributed by atoms with van der Waals surface area (Å²) < 4.78 is 44.8. The van der Waals surface area contributed by atoms with Crippen molar-refractivity contribution >= 4 is 22.6 Å². The lowest BCUT2D eigenvalue weighted by atomic mass is 9.80. The van der Waals surface area contributed by atoms with E-state index in [9.17, 15) is 18.0 Å². The van der Waals surface area contributed by atoms with Crippen LogP contribution in [0.3, 0.4) is 0 Å². The zero-order valence-electron chi connectivity index (χ0n) is 20.1. The van der Waals surface area contributed by atoms with E-state index in [4.69, 9.17) is 4.74 Å². The number of amides is 1. The second-order valence-electron chi connectivity index (χ2n) is 9.59. The second kappa shape index (κ2) is 10.9. The maximum atomic E-state index is 13.1. The number of carbonyl (C=O) groups is 1. The van der Waals surface area contributed by atoms with Crippen LogP contribution in [0.1, 0.15) is 52.0 Å². The van der Waals surface area contributed by atoms with Crippen LogP contribution in [-0.4, -0.2) is 53.8 Å². The number of nitrogens with zero attached hydrogens (tertiary/aromatic N) is 2. The molecule has 0 radical (unpaired) electrons. The molecule has 1 aliphatic carbocycles. The van der Waals surface area contributed by atoms with Crippen molar-refractivity contribution in [2.75, 3.05) is 25.6 Å².